The molecule has 3 heterocycles. The maximum atomic E-state index is 12.5. The molecule has 0 bridgehead atoms. The first-order chi connectivity index (χ1) is 16.2. The van der Waals surface area contributed by atoms with E-state index in [1.807, 2.05) is 71.8 Å². The van der Waals surface area contributed by atoms with Crippen molar-refractivity contribution in [2.45, 2.75) is 13.1 Å². The van der Waals surface area contributed by atoms with Crippen LogP contribution in [0, 0.1) is 0 Å². The fourth-order valence-corrected chi connectivity index (χ4v) is 4.55. The summed E-state index contributed by atoms with van der Waals surface area (Å²) in [7, 11) is 0. The van der Waals surface area contributed by atoms with E-state index in [1.54, 1.807) is 6.26 Å². The van der Waals surface area contributed by atoms with Crippen LogP contribution in [0.3, 0.4) is 0 Å². The van der Waals surface area contributed by atoms with Crippen LogP contribution < -0.4 is 10.7 Å². The van der Waals surface area contributed by atoms with E-state index in [0.29, 0.717) is 23.3 Å². The fraction of sp³-hybridized carbons (Fsp3) is 0.125. The molecule has 0 saturated heterocycles. The number of amides is 1. The van der Waals surface area contributed by atoms with Crippen molar-refractivity contribution in [3.63, 3.8) is 0 Å². The largest absolute Gasteiger partial charge is 0.467 e. The highest BCUT2D eigenvalue weighted by Crippen LogP contribution is 2.35. The number of hydrazone groups is 1. The van der Waals surface area contributed by atoms with Crippen LogP contribution in [0.2, 0.25) is 5.02 Å². The number of para-hydroxylation sites is 1. The predicted octanol–water partition coefficient (Wildman–Crippen LogP) is 4.74. The van der Waals surface area contributed by atoms with E-state index in [2.05, 4.69) is 20.8 Å². The number of allylic oxidation sites excluding steroid dienone is 1. The van der Waals surface area contributed by atoms with Crippen molar-refractivity contribution in [3.8, 4) is 0 Å². The standard InChI is InChI=1S/C24H20ClN5O2S/c25-20-9-3-1-6-16(20)12-27-22(31)15-33-24-29-28-23(30(24)14-17-7-5-11-32-17)19-13-26-21-10-4-2-8-18(19)21/h1-11,13,28H,12,14-15H2,(H,27,31)/b23-19-. The van der Waals surface area contributed by atoms with Gasteiger partial charge < -0.3 is 9.73 Å². The molecular weight excluding hydrogens is 458 g/mol. The number of nitrogens with zero attached hydrogens (tertiary/aromatic N) is 3. The van der Waals surface area contributed by atoms with Gasteiger partial charge in [0.1, 0.15) is 11.6 Å². The van der Waals surface area contributed by atoms with E-state index in [9.17, 15) is 4.79 Å². The summed E-state index contributed by atoms with van der Waals surface area (Å²) in [6.07, 6.45) is 3.48. The number of carbonyl (C=O) groups excluding carboxylic acids is 1. The number of amidine groups is 1. The van der Waals surface area contributed by atoms with Crippen molar-refractivity contribution < 1.29 is 9.21 Å². The molecule has 2 N–H and O–H groups in total. The Labute approximate surface area is 200 Å². The van der Waals surface area contributed by atoms with Gasteiger partial charge in [0, 0.05) is 28.9 Å². The molecule has 1 aromatic heterocycles. The molecule has 0 spiro atoms. The van der Waals surface area contributed by atoms with Gasteiger partial charge in [-0.1, -0.05) is 59.8 Å². The molecule has 2 aromatic carbocycles. The maximum Gasteiger partial charge on any atom is 0.230 e. The van der Waals surface area contributed by atoms with Gasteiger partial charge in [-0.05, 0) is 29.8 Å². The summed E-state index contributed by atoms with van der Waals surface area (Å²) in [5.74, 6) is 1.71. The molecular formula is C24H20ClN5O2S. The minimum absolute atomic E-state index is 0.102. The Balaban J connectivity index is 1.30. The molecule has 0 radical (unpaired) electrons. The van der Waals surface area contributed by atoms with E-state index >= 15 is 0 Å². The van der Waals surface area contributed by atoms with Crippen LogP contribution in [0.25, 0.3) is 5.57 Å². The molecule has 9 heteroatoms. The summed E-state index contributed by atoms with van der Waals surface area (Å²) in [6.45, 7) is 0.852. The second-order valence-corrected chi connectivity index (χ2v) is 8.72. The number of rotatable bonds is 6. The minimum atomic E-state index is -0.102. The van der Waals surface area contributed by atoms with Crippen LogP contribution in [0.5, 0.6) is 0 Å². The lowest BCUT2D eigenvalue weighted by Gasteiger charge is -2.21. The second-order valence-electron chi connectivity index (χ2n) is 7.37. The first-order valence-electron chi connectivity index (χ1n) is 10.3. The monoisotopic (exact) mass is 477 g/mol. The number of benzene rings is 2. The average Bonchev–Trinajstić information content (AvgIpc) is 3.58. The predicted molar refractivity (Wildman–Crippen MR) is 132 cm³/mol. The van der Waals surface area contributed by atoms with Gasteiger partial charge in [0.25, 0.3) is 0 Å². The summed E-state index contributed by atoms with van der Waals surface area (Å²) in [5.41, 5.74) is 6.90. The van der Waals surface area contributed by atoms with Crippen molar-refractivity contribution in [1.82, 2.24) is 15.6 Å². The van der Waals surface area contributed by atoms with Gasteiger partial charge >= 0.3 is 0 Å². The molecule has 5 rings (SSSR count). The number of nitrogens with one attached hydrogen (secondary N) is 2. The van der Waals surface area contributed by atoms with E-state index in [0.717, 1.165) is 34.0 Å². The fourth-order valence-electron chi connectivity index (χ4n) is 3.56. The maximum absolute atomic E-state index is 12.5. The minimum Gasteiger partial charge on any atom is -0.467 e. The zero-order chi connectivity index (χ0) is 22.6. The molecule has 7 nitrogen and oxygen atoms in total. The van der Waals surface area contributed by atoms with Crippen LogP contribution in [0.4, 0.5) is 5.69 Å². The Hall–Kier alpha value is -3.49. The highest BCUT2D eigenvalue weighted by molar-refractivity contribution is 8.14. The lowest BCUT2D eigenvalue weighted by Crippen LogP contribution is -2.29. The van der Waals surface area contributed by atoms with Crippen molar-refractivity contribution in [3.05, 3.63) is 94.7 Å². The van der Waals surface area contributed by atoms with Crippen molar-refractivity contribution in [1.29, 1.82) is 0 Å². The molecule has 0 unspecified atom stereocenters. The molecule has 0 aliphatic carbocycles. The van der Waals surface area contributed by atoms with E-state index in [-0.39, 0.29) is 11.7 Å². The van der Waals surface area contributed by atoms with E-state index < -0.39 is 0 Å². The number of fused-ring (bicyclic) bond motifs is 1. The molecule has 1 amide bonds. The van der Waals surface area contributed by atoms with Crippen LogP contribution in [-0.2, 0) is 17.9 Å². The van der Waals surface area contributed by atoms with Gasteiger partial charge in [-0.25, -0.2) is 0 Å². The van der Waals surface area contributed by atoms with E-state index in [1.165, 1.54) is 11.8 Å². The molecule has 2 aliphatic rings. The van der Waals surface area contributed by atoms with E-state index in [4.69, 9.17) is 16.0 Å². The lowest BCUT2D eigenvalue weighted by atomic mass is 10.1. The molecule has 0 saturated carbocycles. The van der Waals surface area contributed by atoms with Crippen molar-refractivity contribution >= 4 is 51.9 Å². The van der Waals surface area contributed by atoms with Gasteiger partial charge in [0.2, 0.25) is 5.91 Å². The number of hydrogen-bond acceptors (Lipinski definition) is 7. The summed E-state index contributed by atoms with van der Waals surface area (Å²) in [5, 5.41) is 8.72. The zero-order valence-corrected chi connectivity index (χ0v) is 19.1. The molecule has 166 valence electrons. The smallest absolute Gasteiger partial charge is 0.230 e. The van der Waals surface area contributed by atoms with Crippen LogP contribution in [-0.4, -0.2) is 27.9 Å². The first kappa shape index (κ1) is 21.4. The number of halogens is 1. The summed E-state index contributed by atoms with van der Waals surface area (Å²) in [4.78, 5) is 19.0. The average molecular weight is 478 g/mol. The first-order valence-corrected chi connectivity index (χ1v) is 11.7. The van der Waals surface area contributed by atoms with Crippen molar-refractivity contribution in [2.75, 3.05) is 5.75 Å². The lowest BCUT2D eigenvalue weighted by molar-refractivity contribution is -0.118. The highest BCUT2D eigenvalue weighted by atomic mass is 35.5. The summed E-state index contributed by atoms with van der Waals surface area (Å²) in [6, 6.07) is 19.2. The topological polar surface area (TPSA) is 82.2 Å². The number of carbonyl (C=O) groups is 1. The zero-order valence-electron chi connectivity index (χ0n) is 17.5. The van der Waals surface area contributed by atoms with Gasteiger partial charge in [0.05, 0.1) is 24.2 Å². The number of aliphatic imine (C=N–C) groups is 1. The third-order valence-electron chi connectivity index (χ3n) is 5.20. The Morgan fingerprint density at radius 2 is 1.97 bits per heavy atom. The quantitative estimate of drug-likeness (QED) is 0.535. The molecule has 33 heavy (non-hydrogen) atoms. The second kappa shape index (κ2) is 9.56. The summed E-state index contributed by atoms with van der Waals surface area (Å²) >= 11 is 7.53. The summed E-state index contributed by atoms with van der Waals surface area (Å²) < 4.78 is 5.57. The number of thioether (sulfide) groups is 1. The van der Waals surface area contributed by atoms with Gasteiger partial charge in [-0.2, -0.15) is 0 Å². The van der Waals surface area contributed by atoms with Gasteiger partial charge in [-0.3, -0.25) is 20.1 Å². The molecule has 0 fully saturated rings. The Kier molecular flexibility index (Phi) is 6.19. The van der Waals surface area contributed by atoms with Gasteiger partial charge in [-0.15, -0.1) is 5.10 Å². The normalized spacial score (nSPS) is 16.5. The third kappa shape index (κ3) is 4.67. The highest BCUT2D eigenvalue weighted by Gasteiger charge is 2.29. The Morgan fingerprint density at radius 1 is 1.12 bits per heavy atom. The Bertz CT molecular complexity index is 1270. The SMILES string of the molecule is O=C(CSC1=NN/C(=C2\C=Nc3ccccc32)N1Cc1ccco1)NCc1ccccc1Cl. The van der Waals surface area contributed by atoms with Crippen LogP contribution in [0.15, 0.2) is 87.3 Å². The van der Waals surface area contributed by atoms with Gasteiger partial charge in [0.15, 0.2) is 5.17 Å². The van der Waals surface area contributed by atoms with Crippen molar-refractivity contribution in [2.24, 2.45) is 10.1 Å². The number of furan rings is 1. The van der Waals surface area contributed by atoms with Crippen LogP contribution in [0.1, 0.15) is 16.9 Å². The molecule has 0 atom stereocenters. The van der Waals surface area contributed by atoms with Crippen LogP contribution >= 0.6 is 23.4 Å². The molecule has 2 aliphatic heterocycles. The number of hydrogen-bond donors (Lipinski definition) is 2. The Morgan fingerprint density at radius 3 is 2.82 bits per heavy atom. The molecule has 3 aromatic rings. The third-order valence-corrected chi connectivity index (χ3v) is 6.55.